The summed E-state index contributed by atoms with van der Waals surface area (Å²) in [5.74, 6) is -2.13. The second-order valence-corrected chi connectivity index (χ2v) is 8.39. The van der Waals surface area contributed by atoms with Gasteiger partial charge in [-0.05, 0) is 26.3 Å². The first-order valence-corrected chi connectivity index (χ1v) is 11.4. The number of benzene rings is 2. The SMILES string of the molecule is CCOC(=O)C(C)(C)[C@H](/C=C/c1ccccc1)OCCOC(=O)[C@@](OC)(c1ccccc1)C(F)(F)F. The minimum absolute atomic E-state index is 0.172. The fraction of sp³-hybridized carbons (Fsp3) is 0.407. The normalized spacial score (nSPS) is 14.8. The average molecular weight is 509 g/mol. The summed E-state index contributed by atoms with van der Waals surface area (Å²) in [6.07, 6.45) is -2.48. The largest absolute Gasteiger partial charge is 0.465 e. The number of alkyl halides is 3. The molecule has 0 radical (unpaired) electrons. The van der Waals surface area contributed by atoms with E-state index in [1.54, 1.807) is 32.9 Å². The Hall–Kier alpha value is -3.17. The summed E-state index contributed by atoms with van der Waals surface area (Å²) in [6, 6.07) is 15.8. The zero-order valence-electron chi connectivity index (χ0n) is 20.7. The maximum Gasteiger partial charge on any atom is 0.432 e. The maximum absolute atomic E-state index is 14.0. The van der Waals surface area contributed by atoms with Crippen LogP contribution in [0.1, 0.15) is 31.9 Å². The number of carbonyl (C=O) groups excluding carboxylic acids is 2. The topological polar surface area (TPSA) is 71.1 Å². The van der Waals surface area contributed by atoms with Gasteiger partial charge in [0.15, 0.2) is 0 Å². The highest BCUT2D eigenvalue weighted by molar-refractivity contribution is 5.82. The van der Waals surface area contributed by atoms with E-state index in [-0.39, 0.29) is 13.2 Å². The van der Waals surface area contributed by atoms with E-state index in [2.05, 4.69) is 0 Å². The van der Waals surface area contributed by atoms with Crippen LogP contribution in [0.5, 0.6) is 0 Å². The number of hydrogen-bond donors (Lipinski definition) is 0. The highest BCUT2D eigenvalue weighted by Gasteiger charge is 2.64. The molecule has 2 aromatic carbocycles. The molecule has 0 N–H and O–H groups in total. The van der Waals surface area contributed by atoms with E-state index in [0.717, 1.165) is 24.8 Å². The number of rotatable bonds is 12. The van der Waals surface area contributed by atoms with Gasteiger partial charge >= 0.3 is 18.1 Å². The average Bonchev–Trinajstić information content (AvgIpc) is 2.84. The zero-order chi connectivity index (χ0) is 26.8. The zero-order valence-corrected chi connectivity index (χ0v) is 20.7. The first-order valence-electron chi connectivity index (χ1n) is 11.4. The first-order chi connectivity index (χ1) is 17.0. The molecule has 2 aromatic rings. The number of halogens is 3. The number of esters is 2. The molecule has 0 unspecified atom stereocenters. The van der Waals surface area contributed by atoms with Crippen LogP contribution < -0.4 is 0 Å². The monoisotopic (exact) mass is 508 g/mol. The number of methoxy groups -OCH3 is 1. The van der Waals surface area contributed by atoms with Crippen LogP contribution in [0.25, 0.3) is 6.08 Å². The van der Waals surface area contributed by atoms with Gasteiger partial charge in [-0.15, -0.1) is 0 Å². The summed E-state index contributed by atoms with van der Waals surface area (Å²) in [6.45, 7) is 4.34. The van der Waals surface area contributed by atoms with Gasteiger partial charge in [0.2, 0.25) is 0 Å². The van der Waals surface area contributed by atoms with Crippen LogP contribution in [0.15, 0.2) is 66.7 Å². The van der Waals surface area contributed by atoms with Gasteiger partial charge < -0.3 is 18.9 Å². The fourth-order valence-electron chi connectivity index (χ4n) is 3.50. The van der Waals surface area contributed by atoms with E-state index in [1.165, 1.54) is 18.2 Å². The van der Waals surface area contributed by atoms with Crippen molar-refractivity contribution < 1.29 is 41.7 Å². The Morgan fingerprint density at radius 1 is 0.889 bits per heavy atom. The Balaban J connectivity index is 2.16. The van der Waals surface area contributed by atoms with Gasteiger partial charge in [-0.25, -0.2) is 4.79 Å². The van der Waals surface area contributed by atoms with Crippen LogP contribution >= 0.6 is 0 Å². The third-order valence-electron chi connectivity index (χ3n) is 5.56. The highest BCUT2D eigenvalue weighted by atomic mass is 19.4. The minimum atomic E-state index is -5.08. The van der Waals surface area contributed by atoms with Crippen LogP contribution in [-0.4, -0.2) is 51.1 Å². The van der Waals surface area contributed by atoms with Crippen molar-refractivity contribution in [1.82, 2.24) is 0 Å². The van der Waals surface area contributed by atoms with Crippen molar-refractivity contribution in [3.05, 3.63) is 77.9 Å². The molecule has 0 aliphatic carbocycles. The van der Waals surface area contributed by atoms with Crippen molar-refractivity contribution in [1.29, 1.82) is 0 Å². The second kappa shape index (κ2) is 12.7. The molecule has 36 heavy (non-hydrogen) atoms. The number of ether oxygens (including phenoxy) is 4. The lowest BCUT2D eigenvalue weighted by atomic mass is 9.86. The Bertz CT molecular complexity index is 1010. The molecular formula is C27H31F3O6. The van der Waals surface area contributed by atoms with Gasteiger partial charge in [0, 0.05) is 12.7 Å². The summed E-state index contributed by atoms with van der Waals surface area (Å²) in [4.78, 5) is 25.2. The molecule has 0 aromatic heterocycles. The van der Waals surface area contributed by atoms with E-state index in [1.807, 2.05) is 30.3 Å². The molecule has 0 saturated heterocycles. The first kappa shape index (κ1) is 29.1. The quantitative estimate of drug-likeness (QED) is 0.285. The predicted octanol–water partition coefficient (Wildman–Crippen LogP) is 5.32. The van der Waals surface area contributed by atoms with Gasteiger partial charge in [-0.2, -0.15) is 13.2 Å². The summed E-state index contributed by atoms with van der Waals surface area (Å²) in [5, 5.41) is 0. The standard InChI is InChI=1S/C27H31F3O6/c1-5-34-23(31)25(2,3)22(17-16-20-12-8-6-9-13-20)35-18-19-36-24(32)26(33-4,27(28,29)30)21-14-10-7-11-15-21/h6-17,22H,5,18-19H2,1-4H3/b17-16+/t22-,26-/m0/s1. The number of hydrogen-bond acceptors (Lipinski definition) is 6. The summed E-state index contributed by atoms with van der Waals surface area (Å²) in [5.41, 5.74) is -3.96. The lowest BCUT2D eigenvalue weighted by Crippen LogP contribution is -2.52. The predicted molar refractivity (Wildman–Crippen MR) is 128 cm³/mol. The summed E-state index contributed by atoms with van der Waals surface area (Å²) in [7, 11) is 0.796. The molecule has 0 amide bonds. The van der Waals surface area contributed by atoms with Crippen molar-refractivity contribution in [3.63, 3.8) is 0 Å². The van der Waals surface area contributed by atoms with E-state index in [9.17, 15) is 22.8 Å². The number of carbonyl (C=O) groups is 2. The fourth-order valence-corrected chi connectivity index (χ4v) is 3.50. The van der Waals surface area contributed by atoms with Gasteiger partial charge in [-0.1, -0.05) is 72.8 Å². The molecule has 0 saturated carbocycles. The van der Waals surface area contributed by atoms with Crippen LogP contribution in [0, 0.1) is 5.41 Å². The smallest absolute Gasteiger partial charge is 0.432 e. The minimum Gasteiger partial charge on any atom is -0.465 e. The second-order valence-electron chi connectivity index (χ2n) is 8.39. The van der Waals surface area contributed by atoms with Gasteiger partial charge in [0.1, 0.15) is 6.61 Å². The molecule has 0 fully saturated rings. The van der Waals surface area contributed by atoms with E-state index in [4.69, 9.17) is 18.9 Å². The van der Waals surface area contributed by atoms with Crippen LogP contribution in [-0.2, 0) is 34.1 Å². The Morgan fingerprint density at radius 2 is 1.47 bits per heavy atom. The van der Waals surface area contributed by atoms with Gasteiger partial charge in [0.05, 0.1) is 24.7 Å². The summed E-state index contributed by atoms with van der Waals surface area (Å²) < 4.78 is 62.7. The van der Waals surface area contributed by atoms with Crippen molar-refractivity contribution >= 4 is 18.0 Å². The Morgan fingerprint density at radius 3 is 2.00 bits per heavy atom. The van der Waals surface area contributed by atoms with Crippen molar-refractivity contribution in [3.8, 4) is 0 Å². The highest BCUT2D eigenvalue weighted by Crippen LogP contribution is 2.43. The molecule has 0 aliphatic rings. The Kier molecular flexibility index (Phi) is 10.2. The van der Waals surface area contributed by atoms with Crippen LogP contribution in [0.3, 0.4) is 0 Å². The van der Waals surface area contributed by atoms with Gasteiger partial charge in [0.25, 0.3) is 5.60 Å². The molecule has 2 atom stereocenters. The molecule has 6 nitrogen and oxygen atoms in total. The molecule has 0 aliphatic heterocycles. The summed E-state index contributed by atoms with van der Waals surface area (Å²) >= 11 is 0. The van der Waals surface area contributed by atoms with Crippen LogP contribution in [0.4, 0.5) is 13.2 Å². The molecule has 0 bridgehead atoms. The van der Waals surface area contributed by atoms with Crippen molar-refractivity contribution in [2.75, 3.05) is 26.9 Å². The van der Waals surface area contributed by atoms with E-state index in [0.29, 0.717) is 0 Å². The molecular weight excluding hydrogens is 477 g/mol. The third-order valence-corrected chi connectivity index (χ3v) is 5.56. The van der Waals surface area contributed by atoms with Crippen molar-refractivity contribution in [2.24, 2.45) is 5.41 Å². The lowest BCUT2D eigenvalue weighted by molar-refractivity contribution is -0.276. The Labute approximate surface area is 209 Å². The molecule has 9 heteroatoms. The van der Waals surface area contributed by atoms with Gasteiger partial charge in [-0.3, -0.25) is 4.79 Å². The molecule has 196 valence electrons. The van der Waals surface area contributed by atoms with Crippen molar-refractivity contribution in [2.45, 2.75) is 38.7 Å². The molecule has 0 heterocycles. The third kappa shape index (κ3) is 6.73. The lowest BCUT2D eigenvalue weighted by Gasteiger charge is -2.32. The van der Waals surface area contributed by atoms with E-state index >= 15 is 0 Å². The molecule has 2 rings (SSSR count). The van der Waals surface area contributed by atoms with E-state index < -0.39 is 47.4 Å². The maximum atomic E-state index is 14.0. The molecule has 0 spiro atoms. The van der Waals surface area contributed by atoms with Crippen LogP contribution in [0.2, 0.25) is 0 Å².